The molecule has 0 aromatic carbocycles. The number of ether oxygens (including phenoxy) is 1. The second kappa shape index (κ2) is 15.4. The number of hydrogen-bond acceptors (Lipinski definition) is 8. The van der Waals surface area contributed by atoms with Gasteiger partial charge in [0.2, 0.25) is 11.8 Å². The number of carboxylic acid groups (broad SMARTS) is 1. The molecule has 0 aliphatic carbocycles. The molecule has 0 radical (unpaired) electrons. The summed E-state index contributed by atoms with van der Waals surface area (Å²) >= 11 is 1.49. The maximum Gasteiger partial charge on any atom is 0.408 e. The fraction of sp³-hybridized carbons (Fsp3) is 0.680. The summed E-state index contributed by atoms with van der Waals surface area (Å²) in [6, 6.07) is -3.23. The summed E-state index contributed by atoms with van der Waals surface area (Å²) in [5.74, 6) is -3.13. The van der Waals surface area contributed by atoms with Crippen molar-refractivity contribution in [3.05, 3.63) is 12.2 Å². The topological polar surface area (TPSA) is 171 Å². The summed E-state index contributed by atoms with van der Waals surface area (Å²) < 4.78 is 5.24. The first-order chi connectivity index (χ1) is 17.7. The number of alkyl carbamates (subject to hydrolysis) is 1. The largest absolute Gasteiger partial charge is 0.480 e. The number of nitrogens with zero attached hydrogens (tertiary/aromatic N) is 1. The predicted molar refractivity (Wildman–Crippen MR) is 142 cm³/mol. The van der Waals surface area contributed by atoms with Crippen LogP contribution in [-0.2, 0) is 28.7 Å². The van der Waals surface area contributed by atoms with Crippen LogP contribution in [0.4, 0.5) is 4.79 Å². The number of nitrogens with one attached hydrogen (secondary N) is 3. The van der Waals surface area contributed by atoms with Gasteiger partial charge in [0.1, 0.15) is 23.7 Å². The van der Waals surface area contributed by atoms with E-state index in [9.17, 15) is 33.9 Å². The zero-order valence-electron chi connectivity index (χ0n) is 22.9. The monoisotopic (exact) mass is 556 g/mol. The Morgan fingerprint density at radius 3 is 2.05 bits per heavy atom. The molecule has 0 saturated carbocycles. The van der Waals surface area contributed by atoms with E-state index in [2.05, 4.69) is 16.0 Å². The van der Waals surface area contributed by atoms with Gasteiger partial charge in [0.25, 0.3) is 11.8 Å². The highest BCUT2D eigenvalue weighted by Gasteiger charge is 2.32. The van der Waals surface area contributed by atoms with E-state index in [1.54, 1.807) is 34.6 Å². The molecule has 214 valence electrons. The van der Waals surface area contributed by atoms with Crippen LogP contribution in [0.15, 0.2) is 12.2 Å². The fourth-order valence-electron chi connectivity index (χ4n) is 3.53. The third kappa shape index (κ3) is 11.5. The summed E-state index contributed by atoms with van der Waals surface area (Å²) in [7, 11) is 0. The standard InChI is InChI=1S/C25H40N4O8S/c1-15(2)20(28-21(32)16(12-14-38-6)27-24(36)37-25(3,4)5)22(33)26-17(23(34)35)9-7-8-13-29-18(30)10-11-19(29)31/h10-11,15-17,20H,7-9,12-14H2,1-6H3,(H,26,33)(H,27,36)(H,28,32)(H,34,35)/t16-,17-,20-/m0/s1. The summed E-state index contributed by atoms with van der Waals surface area (Å²) in [5, 5.41) is 17.3. The number of carboxylic acids is 1. The fourth-order valence-corrected chi connectivity index (χ4v) is 4.00. The van der Waals surface area contributed by atoms with Gasteiger partial charge in [-0.2, -0.15) is 11.8 Å². The van der Waals surface area contributed by atoms with E-state index in [4.69, 9.17) is 4.74 Å². The van der Waals surface area contributed by atoms with Crippen molar-refractivity contribution in [2.75, 3.05) is 18.6 Å². The van der Waals surface area contributed by atoms with Crippen molar-refractivity contribution < 1.29 is 38.6 Å². The van der Waals surface area contributed by atoms with Crippen molar-refractivity contribution in [1.29, 1.82) is 0 Å². The average Bonchev–Trinajstić information content (AvgIpc) is 3.12. The molecule has 1 heterocycles. The Morgan fingerprint density at radius 1 is 0.947 bits per heavy atom. The summed E-state index contributed by atoms with van der Waals surface area (Å²) in [6.07, 6.45) is 4.53. The van der Waals surface area contributed by atoms with Crippen molar-refractivity contribution in [1.82, 2.24) is 20.9 Å². The molecule has 0 fully saturated rings. The Balaban J connectivity index is 2.77. The minimum atomic E-state index is -1.24. The normalized spacial score (nSPS) is 15.7. The van der Waals surface area contributed by atoms with Gasteiger partial charge in [0, 0.05) is 18.7 Å². The van der Waals surface area contributed by atoms with Gasteiger partial charge >= 0.3 is 12.1 Å². The minimum Gasteiger partial charge on any atom is -0.480 e. The van der Waals surface area contributed by atoms with Crippen molar-refractivity contribution in [2.45, 2.75) is 84.0 Å². The highest BCUT2D eigenvalue weighted by molar-refractivity contribution is 7.98. The Morgan fingerprint density at radius 2 is 1.55 bits per heavy atom. The van der Waals surface area contributed by atoms with Crippen LogP contribution in [0.3, 0.4) is 0 Å². The summed E-state index contributed by atoms with van der Waals surface area (Å²) in [5.41, 5.74) is -0.757. The molecular formula is C25H40N4O8S. The van der Waals surface area contributed by atoms with Crippen LogP contribution in [0.25, 0.3) is 0 Å². The smallest absolute Gasteiger partial charge is 0.408 e. The van der Waals surface area contributed by atoms with Gasteiger partial charge in [-0.15, -0.1) is 0 Å². The van der Waals surface area contributed by atoms with Crippen LogP contribution in [0.5, 0.6) is 0 Å². The van der Waals surface area contributed by atoms with E-state index in [-0.39, 0.29) is 18.9 Å². The number of unbranched alkanes of at least 4 members (excludes halogenated alkanes) is 1. The summed E-state index contributed by atoms with van der Waals surface area (Å²) in [4.78, 5) is 74.4. The van der Waals surface area contributed by atoms with Gasteiger partial charge in [0.05, 0.1) is 0 Å². The minimum absolute atomic E-state index is 0.0695. The zero-order valence-corrected chi connectivity index (χ0v) is 23.7. The van der Waals surface area contributed by atoms with Crippen LogP contribution in [0, 0.1) is 5.92 Å². The van der Waals surface area contributed by atoms with E-state index in [0.29, 0.717) is 25.0 Å². The molecule has 3 atom stereocenters. The molecule has 4 N–H and O–H groups in total. The Bertz CT molecular complexity index is 898. The molecule has 0 saturated heterocycles. The molecule has 0 aromatic heterocycles. The lowest BCUT2D eigenvalue weighted by Gasteiger charge is -2.27. The number of hydrogen-bond donors (Lipinski definition) is 4. The second-order valence-corrected chi connectivity index (χ2v) is 11.3. The SMILES string of the molecule is CSCC[C@H](NC(=O)OC(C)(C)C)C(=O)N[C@H](C(=O)N[C@@H](CCCCN1C(=O)C=CC1=O)C(=O)O)C(C)C. The number of thioether (sulfide) groups is 1. The molecule has 0 aromatic rings. The van der Waals surface area contributed by atoms with Crippen molar-refractivity contribution in [2.24, 2.45) is 5.92 Å². The third-order valence-electron chi connectivity index (χ3n) is 5.50. The molecule has 13 heteroatoms. The van der Waals surface area contributed by atoms with E-state index in [1.807, 2.05) is 6.26 Å². The lowest BCUT2D eigenvalue weighted by Crippen LogP contribution is -2.57. The average molecular weight is 557 g/mol. The molecule has 1 rings (SSSR count). The zero-order chi connectivity index (χ0) is 29.0. The first-order valence-electron chi connectivity index (χ1n) is 12.5. The molecule has 38 heavy (non-hydrogen) atoms. The Hall–Kier alpha value is -3.09. The van der Waals surface area contributed by atoms with E-state index >= 15 is 0 Å². The molecule has 1 aliphatic heterocycles. The first-order valence-corrected chi connectivity index (χ1v) is 13.9. The van der Waals surface area contributed by atoms with E-state index in [0.717, 1.165) is 4.90 Å². The highest BCUT2D eigenvalue weighted by Crippen LogP contribution is 2.11. The van der Waals surface area contributed by atoms with Crippen LogP contribution in [0.1, 0.15) is 60.3 Å². The van der Waals surface area contributed by atoms with Crippen LogP contribution >= 0.6 is 11.8 Å². The lowest BCUT2D eigenvalue weighted by atomic mass is 10.0. The van der Waals surface area contributed by atoms with E-state index in [1.165, 1.54) is 23.9 Å². The van der Waals surface area contributed by atoms with Crippen LogP contribution < -0.4 is 16.0 Å². The first kappa shape index (κ1) is 32.9. The molecule has 12 nitrogen and oxygen atoms in total. The van der Waals surface area contributed by atoms with Crippen molar-refractivity contribution in [3.8, 4) is 0 Å². The summed E-state index contributed by atoms with van der Waals surface area (Å²) in [6.45, 7) is 8.66. The maximum absolute atomic E-state index is 13.0. The third-order valence-corrected chi connectivity index (χ3v) is 6.15. The molecule has 0 bridgehead atoms. The van der Waals surface area contributed by atoms with Crippen LogP contribution in [0.2, 0.25) is 0 Å². The Kier molecular flexibility index (Phi) is 13.3. The van der Waals surface area contributed by atoms with E-state index < -0.39 is 59.4 Å². The van der Waals surface area contributed by atoms with Crippen molar-refractivity contribution in [3.63, 3.8) is 0 Å². The predicted octanol–water partition coefficient (Wildman–Crippen LogP) is 1.44. The maximum atomic E-state index is 13.0. The number of aliphatic carboxylic acids is 1. The molecular weight excluding hydrogens is 516 g/mol. The second-order valence-electron chi connectivity index (χ2n) is 10.3. The van der Waals surface area contributed by atoms with Gasteiger partial charge in [-0.05, 0) is 64.4 Å². The highest BCUT2D eigenvalue weighted by atomic mass is 32.2. The molecule has 0 spiro atoms. The van der Waals surface area contributed by atoms with Gasteiger partial charge in [0.15, 0.2) is 0 Å². The number of carbonyl (C=O) groups excluding carboxylic acids is 5. The lowest BCUT2D eigenvalue weighted by molar-refractivity contribution is -0.143. The van der Waals surface area contributed by atoms with Gasteiger partial charge in [-0.1, -0.05) is 13.8 Å². The molecule has 0 unspecified atom stereocenters. The number of carbonyl (C=O) groups is 6. The molecule has 1 aliphatic rings. The number of amides is 5. The van der Waals surface area contributed by atoms with Gasteiger partial charge in [-0.3, -0.25) is 24.1 Å². The van der Waals surface area contributed by atoms with Gasteiger partial charge < -0.3 is 25.8 Å². The van der Waals surface area contributed by atoms with Crippen molar-refractivity contribution >= 4 is 47.5 Å². The number of rotatable bonds is 15. The quantitative estimate of drug-likeness (QED) is 0.172. The van der Waals surface area contributed by atoms with Crippen LogP contribution in [-0.4, -0.2) is 88.0 Å². The molecule has 5 amide bonds. The number of imide groups is 1. The Labute approximate surface area is 227 Å². The van der Waals surface area contributed by atoms with Gasteiger partial charge in [-0.25, -0.2) is 9.59 Å².